The first-order chi connectivity index (χ1) is 37.9. The molecule has 77 heavy (non-hydrogen) atoms. The minimum atomic E-state index is -0.225. The van der Waals surface area contributed by atoms with Gasteiger partial charge in [0.25, 0.3) is 0 Å². The maximum Gasteiger partial charge on any atom is 0.238 e. The molecule has 362 valence electrons. The third-order valence-electron chi connectivity index (χ3n) is 16.0. The molecule has 0 aliphatic heterocycles. The molecule has 1 aliphatic rings. The molecule has 15 rings (SSSR count). The van der Waals surface area contributed by atoms with Crippen molar-refractivity contribution in [3.63, 3.8) is 0 Å². The first kappa shape index (κ1) is 44.5. The number of fused-ring (bicyclic) bond motifs is 9. The topological polar surface area (TPSA) is 48.5 Å². The first-order valence-electron chi connectivity index (χ1n) is 26.4. The summed E-state index contributed by atoms with van der Waals surface area (Å²) in [6.07, 6.45) is 0. The molecule has 5 nitrogen and oxygen atoms in total. The number of rotatable bonds is 8. The van der Waals surface area contributed by atoms with Gasteiger partial charge in [-0.25, -0.2) is 4.98 Å². The Bertz CT molecular complexity index is 4540. The van der Waals surface area contributed by atoms with E-state index in [1.165, 1.54) is 49.6 Å². The van der Waals surface area contributed by atoms with Gasteiger partial charge in [-0.05, 0) is 140 Å². The molecule has 3 heterocycles. The summed E-state index contributed by atoms with van der Waals surface area (Å²) in [4.78, 5) is 16.3. The normalized spacial score (nSPS) is 12.6. The quantitative estimate of drug-likeness (QED) is 0.152. The fourth-order valence-corrected chi connectivity index (χ4v) is 12.2. The Morgan fingerprint density at radius 1 is 0.273 bits per heavy atom. The van der Waals surface area contributed by atoms with E-state index in [1.807, 2.05) is 0 Å². The monoisotopic (exact) mass is 983 g/mol. The molecule has 14 aromatic rings. The van der Waals surface area contributed by atoms with Gasteiger partial charge in [0.1, 0.15) is 0 Å². The molecule has 0 saturated carbocycles. The Labute approximate surface area is 446 Å². The molecular formula is C72H49N5. The van der Waals surface area contributed by atoms with Crippen LogP contribution in [0.4, 0.5) is 0 Å². The molecule has 0 bridgehead atoms. The van der Waals surface area contributed by atoms with Gasteiger partial charge in [0, 0.05) is 43.8 Å². The van der Waals surface area contributed by atoms with Gasteiger partial charge in [0.2, 0.25) is 5.95 Å². The summed E-state index contributed by atoms with van der Waals surface area (Å²) < 4.78 is 4.65. The zero-order valence-electron chi connectivity index (χ0n) is 42.6. The summed E-state index contributed by atoms with van der Waals surface area (Å²) in [7, 11) is 0. The third-order valence-corrected chi connectivity index (χ3v) is 16.0. The van der Waals surface area contributed by atoms with Gasteiger partial charge in [-0.2, -0.15) is 9.97 Å². The van der Waals surface area contributed by atoms with Crippen LogP contribution in [0, 0.1) is 0 Å². The van der Waals surface area contributed by atoms with E-state index in [2.05, 4.69) is 284 Å². The minimum Gasteiger partial charge on any atom is -0.309 e. The average Bonchev–Trinajstić information content (AvgIpc) is 4.31. The second-order valence-corrected chi connectivity index (χ2v) is 20.8. The summed E-state index contributed by atoms with van der Waals surface area (Å²) in [5.74, 6) is 1.77. The summed E-state index contributed by atoms with van der Waals surface area (Å²) in [5, 5.41) is 4.74. The van der Waals surface area contributed by atoms with Crippen LogP contribution in [0.2, 0.25) is 0 Å². The Hall–Kier alpha value is -9.97. The molecule has 0 N–H and O–H groups in total. The predicted molar refractivity (Wildman–Crippen MR) is 319 cm³/mol. The largest absolute Gasteiger partial charge is 0.309 e. The molecule has 0 radical (unpaired) electrons. The van der Waals surface area contributed by atoms with Crippen LogP contribution in [0.15, 0.2) is 261 Å². The average molecular weight is 984 g/mol. The van der Waals surface area contributed by atoms with Crippen LogP contribution in [0.3, 0.4) is 0 Å². The van der Waals surface area contributed by atoms with E-state index in [1.54, 1.807) is 0 Å². The van der Waals surface area contributed by atoms with Gasteiger partial charge < -0.3 is 4.57 Å². The maximum absolute atomic E-state index is 5.48. The standard InChI is InChI=1S/C72H49N5/c1-72(2)63-33-14-12-31-57(63)59-44-62-61-43-53(51-26-16-25-50(39-51)52-35-37-66-60(42-52)58-32-13-15-34-65(58)76(66)56-29-10-5-11-30-56)36-38-67(61)77(68(62)45-64(59)72)71-74-69(54-27-17-23-48(40-54)46-19-6-3-7-20-46)73-70(75-71)55-28-18-24-49(41-55)47-21-8-4-9-22-47/h3-45H,1-2H3. The number of benzene rings is 11. The second kappa shape index (κ2) is 17.6. The zero-order valence-corrected chi connectivity index (χ0v) is 42.6. The Morgan fingerprint density at radius 3 is 1.34 bits per heavy atom. The molecule has 0 unspecified atom stereocenters. The number of nitrogens with zero attached hydrogens (tertiary/aromatic N) is 5. The Kier molecular flexibility index (Phi) is 10.2. The molecule has 0 amide bonds. The number of hydrogen-bond acceptors (Lipinski definition) is 3. The number of aromatic nitrogens is 5. The van der Waals surface area contributed by atoms with E-state index >= 15 is 0 Å². The van der Waals surface area contributed by atoms with Crippen LogP contribution in [-0.4, -0.2) is 24.1 Å². The SMILES string of the molecule is CC1(C)c2ccccc2-c2cc3c4cc(-c5cccc(-c6ccc7c(c6)c6ccccc6n7-c6ccccc6)c5)ccc4n(-c4nc(-c5cccc(-c6ccccc6)c5)nc(-c5cccc(-c6ccccc6)c5)n4)c3cc21. The van der Waals surface area contributed by atoms with Gasteiger partial charge in [-0.15, -0.1) is 0 Å². The van der Waals surface area contributed by atoms with Crippen molar-refractivity contribution in [3.05, 3.63) is 272 Å². The Morgan fingerprint density at radius 2 is 0.714 bits per heavy atom. The van der Waals surface area contributed by atoms with Crippen LogP contribution in [0.5, 0.6) is 0 Å². The van der Waals surface area contributed by atoms with Crippen LogP contribution in [0.1, 0.15) is 25.0 Å². The molecule has 0 spiro atoms. The fourth-order valence-electron chi connectivity index (χ4n) is 12.2. The third kappa shape index (κ3) is 7.34. The molecule has 3 aromatic heterocycles. The van der Waals surface area contributed by atoms with Crippen molar-refractivity contribution in [2.24, 2.45) is 0 Å². The summed E-state index contributed by atoms with van der Waals surface area (Å²) in [6.45, 7) is 4.69. The lowest BCUT2D eigenvalue weighted by Gasteiger charge is -2.21. The highest BCUT2D eigenvalue weighted by molar-refractivity contribution is 6.13. The predicted octanol–water partition coefficient (Wildman–Crippen LogP) is 18.4. The summed E-state index contributed by atoms with van der Waals surface area (Å²) in [6, 6.07) is 94.0. The smallest absolute Gasteiger partial charge is 0.238 e. The lowest BCUT2D eigenvalue weighted by Crippen LogP contribution is -2.15. The molecule has 11 aromatic carbocycles. The maximum atomic E-state index is 5.48. The Balaban J connectivity index is 0.928. The van der Waals surface area contributed by atoms with Crippen LogP contribution in [-0.2, 0) is 5.41 Å². The van der Waals surface area contributed by atoms with Gasteiger partial charge in [-0.1, -0.05) is 202 Å². The molecule has 1 aliphatic carbocycles. The molecule has 0 saturated heterocycles. The molecule has 0 fully saturated rings. The lowest BCUT2D eigenvalue weighted by atomic mass is 9.82. The van der Waals surface area contributed by atoms with E-state index in [4.69, 9.17) is 15.0 Å². The van der Waals surface area contributed by atoms with Gasteiger partial charge in [0.15, 0.2) is 11.6 Å². The zero-order chi connectivity index (χ0) is 51.2. The van der Waals surface area contributed by atoms with Crippen molar-refractivity contribution in [1.29, 1.82) is 0 Å². The van der Waals surface area contributed by atoms with Crippen molar-refractivity contribution < 1.29 is 0 Å². The van der Waals surface area contributed by atoms with Crippen LogP contribution < -0.4 is 0 Å². The van der Waals surface area contributed by atoms with Gasteiger partial charge in [-0.3, -0.25) is 4.57 Å². The highest BCUT2D eigenvalue weighted by Crippen LogP contribution is 2.51. The summed E-state index contributed by atoms with van der Waals surface area (Å²) in [5.41, 5.74) is 21.5. The van der Waals surface area contributed by atoms with E-state index < -0.39 is 0 Å². The number of para-hydroxylation sites is 2. The molecule has 0 atom stereocenters. The second-order valence-electron chi connectivity index (χ2n) is 20.8. The van der Waals surface area contributed by atoms with E-state index in [-0.39, 0.29) is 5.41 Å². The molecular weight excluding hydrogens is 935 g/mol. The van der Waals surface area contributed by atoms with E-state index in [0.717, 1.165) is 77.6 Å². The highest BCUT2D eigenvalue weighted by atomic mass is 15.2. The minimum absolute atomic E-state index is 0.225. The highest BCUT2D eigenvalue weighted by Gasteiger charge is 2.36. The fraction of sp³-hybridized carbons (Fsp3) is 0.0417. The van der Waals surface area contributed by atoms with Gasteiger partial charge in [0.05, 0.1) is 22.1 Å². The van der Waals surface area contributed by atoms with Crippen molar-refractivity contribution in [1.82, 2.24) is 24.1 Å². The van der Waals surface area contributed by atoms with E-state index in [0.29, 0.717) is 17.6 Å². The van der Waals surface area contributed by atoms with Crippen molar-refractivity contribution in [2.75, 3.05) is 0 Å². The van der Waals surface area contributed by atoms with Crippen molar-refractivity contribution in [3.8, 4) is 90.0 Å². The van der Waals surface area contributed by atoms with Gasteiger partial charge >= 0.3 is 0 Å². The molecule has 5 heteroatoms. The van der Waals surface area contributed by atoms with Crippen LogP contribution in [0.25, 0.3) is 134 Å². The van der Waals surface area contributed by atoms with E-state index in [9.17, 15) is 0 Å². The first-order valence-corrected chi connectivity index (χ1v) is 26.4. The van der Waals surface area contributed by atoms with Crippen molar-refractivity contribution >= 4 is 43.6 Å². The van der Waals surface area contributed by atoms with Crippen LogP contribution >= 0.6 is 0 Å². The number of hydrogen-bond donors (Lipinski definition) is 0. The summed E-state index contributed by atoms with van der Waals surface area (Å²) >= 11 is 0. The van der Waals surface area contributed by atoms with Crippen molar-refractivity contribution in [2.45, 2.75) is 19.3 Å². The lowest BCUT2D eigenvalue weighted by molar-refractivity contribution is 0.661.